The van der Waals surface area contributed by atoms with Gasteiger partial charge < -0.3 is 5.73 Å². The summed E-state index contributed by atoms with van der Waals surface area (Å²) in [5.41, 5.74) is 4.48. The van der Waals surface area contributed by atoms with Crippen LogP contribution < -0.4 is 5.73 Å². The van der Waals surface area contributed by atoms with Crippen molar-refractivity contribution < 1.29 is 13.2 Å². The van der Waals surface area contributed by atoms with Crippen LogP contribution in [-0.2, 0) is 5.92 Å². The third-order valence-electron chi connectivity index (χ3n) is 1.84. The molecular weight excluding hydrogens is 179 g/mol. The molecule has 0 fully saturated rings. The predicted octanol–water partition coefficient (Wildman–Crippen LogP) is 2.18. The molecule has 0 heterocycles. The van der Waals surface area contributed by atoms with Crippen molar-refractivity contribution in [2.24, 2.45) is 5.73 Å². The van der Waals surface area contributed by atoms with Gasteiger partial charge in [0.1, 0.15) is 5.82 Å². The maximum Gasteiger partial charge on any atom is 0.288 e. The molecule has 0 aliphatic heterocycles. The summed E-state index contributed by atoms with van der Waals surface area (Å²) in [4.78, 5) is 0. The Labute approximate surface area is 74.4 Å². The molecule has 1 aromatic carbocycles. The molecule has 13 heavy (non-hydrogen) atoms. The number of benzene rings is 1. The first kappa shape index (κ1) is 10.1. The van der Waals surface area contributed by atoms with E-state index in [0.29, 0.717) is 0 Å². The summed E-state index contributed by atoms with van der Waals surface area (Å²) in [5.74, 6) is -4.19. The second-order valence-corrected chi connectivity index (χ2v) is 2.84. The normalized spacial score (nSPS) is 11.8. The Balaban J connectivity index is 3.28. The molecule has 0 atom stereocenters. The zero-order valence-electron chi connectivity index (χ0n) is 7.15. The number of halogens is 3. The molecule has 0 bridgehead atoms. The van der Waals surface area contributed by atoms with Gasteiger partial charge in [0.25, 0.3) is 5.92 Å². The van der Waals surface area contributed by atoms with E-state index < -0.39 is 23.8 Å². The summed E-state index contributed by atoms with van der Waals surface area (Å²) in [6.07, 6.45) is 0. The van der Waals surface area contributed by atoms with Gasteiger partial charge in [-0.25, -0.2) is 4.39 Å². The first-order chi connectivity index (χ1) is 5.99. The topological polar surface area (TPSA) is 26.0 Å². The van der Waals surface area contributed by atoms with Crippen molar-refractivity contribution >= 4 is 0 Å². The molecule has 1 rings (SSSR count). The molecule has 0 spiro atoms. The number of rotatable bonds is 2. The van der Waals surface area contributed by atoms with E-state index in [1.807, 2.05) is 0 Å². The molecule has 0 saturated carbocycles. The Morgan fingerprint density at radius 2 is 2.00 bits per heavy atom. The fraction of sp³-hybridized carbons (Fsp3) is 0.333. The van der Waals surface area contributed by atoms with Crippen molar-refractivity contribution in [1.29, 1.82) is 0 Å². The van der Waals surface area contributed by atoms with E-state index in [9.17, 15) is 13.2 Å². The van der Waals surface area contributed by atoms with Crippen LogP contribution in [0.1, 0.15) is 11.1 Å². The van der Waals surface area contributed by atoms with Crippen LogP contribution in [-0.4, -0.2) is 6.54 Å². The van der Waals surface area contributed by atoms with Crippen LogP contribution >= 0.6 is 0 Å². The summed E-state index contributed by atoms with van der Waals surface area (Å²) < 4.78 is 39.1. The molecule has 1 nitrogen and oxygen atoms in total. The standard InChI is InChI=1S/C9H10F3N/c1-6-3-2-4-7(10)8(6)9(11,12)5-13/h2-4H,5,13H2,1H3. The average Bonchev–Trinajstić information content (AvgIpc) is 2.03. The van der Waals surface area contributed by atoms with Gasteiger partial charge in [0, 0.05) is 0 Å². The third kappa shape index (κ3) is 1.83. The summed E-state index contributed by atoms with van der Waals surface area (Å²) in [6.45, 7) is 0.552. The van der Waals surface area contributed by atoms with Gasteiger partial charge in [0.2, 0.25) is 0 Å². The average molecular weight is 189 g/mol. The van der Waals surface area contributed by atoms with Crippen molar-refractivity contribution in [2.75, 3.05) is 6.54 Å². The highest BCUT2D eigenvalue weighted by Crippen LogP contribution is 2.31. The maximum absolute atomic E-state index is 13.0. The lowest BCUT2D eigenvalue weighted by Crippen LogP contribution is -2.27. The number of hydrogen-bond donors (Lipinski definition) is 1. The SMILES string of the molecule is Cc1cccc(F)c1C(F)(F)CN. The van der Waals surface area contributed by atoms with Crippen molar-refractivity contribution in [2.45, 2.75) is 12.8 Å². The van der Waals surface area contributed by atoms with Gasteiger partial charge >= 0.3 is 0 Å². The molecule has 0 unspecified atom stereocenters. The van der Waals surface area contributed by atoms with Gasteiger partial charge in [-0.1, -0.05) is 12.1 Å². The second-order valence-electron chi connectivity index (χ2n) is 2.84. The van der Waals surface area contributed by atoms with Crippen LogP contribution in [0.2, 0.25) is 0 Å². The fourth-order valence-electron chi connectivity index (χ4n) is 1.20. The smallest absolute Gasteiger partial charge is 0.288 e. The molecule has 0 aromatic heterocycles. The Hall–Kier alpha value is -1.03. The van der Waals surface area contributed by atoms with Crippen molar-refractivity contribution in [3.05, 3.63) is 35.1 Å². The van der Waals surface area contributed by atoms with Gasteiger partial charge in [-0.05, 0) is 18.6 Å². The lowest BCUT2D eigenvalue weighted by atomic mass is 10.0. The number of hydrogen-bond acceptors (Lipinski definition) is 1. The van der Waals surface area contributed by atoms with E-state index in [2.05, 4.69) is 0 Å². The van der Waals surface area contributed by atoms with E-state index in [1.165, 1.54) is 19.1 Å². The van der Waals surface area contributed by atoms with Gasteiger partial charge in [-0.15, -0.1) is 0 Å². The van der Waals surface area contributed by atoms with Crippen LogP contribution in [0, 0.1) is 12.7 Å². The molecule has 0 aliphatic rings. The summed E-state index contributed by atoms with van der Waals surface area (Å²) in [7, 11) is 0. The van der Waals surface area contributed by atoms with Crippen LogP contribution in [0.15, 0.2) is 18.2 Å². The van der Waals surface area contributed by atoms with E-state index in [4.69, 9.17) is 5.73 Å². The zero-order chi connectivity index (χ0) is 10.1. The number of aryl methyl sites for hydroxylation is 1. The van der Waals surface area contributed by atoms with E-state index in [-0.39, 0.29) is 5.56 Å². The molecule has 0 amide bonds. The molecule has 4 heteroatoms. The van der Waals surface area contributed by atoms with Gasteiger partial charge in [0.15, 0.2) is 0 Å². The minimum atomic E-state index is -3.28. The molecule has 72 valence electrons. The van der Waals surface area contributed by atoms with E-state index >= 15 is 0 Å². The summed E-state index contributed by atoms with van der Waals surface area (Å²) in [6, 6.07) is 3.83. The summed E-state index contributed by atoms with van der Waals surface area (Å²) >= 11 is 0. The predicted molar refractivity (Wildman–Crippen MR) is 44.1 cm³/mol. The van der Waals surface area contributed by atoms with E-state index in [1.54, 1.807) is 0 Å². The van der Waals surface area contributed by atoms with Gasteiger partial charge in [-0.3, -0.25) is 0 Å². The molecule has 1 aromatic rings. The van der Waals surface area contributed by atoms with Crippen LogP contribution in [0.25, 0.3) is 0 Å². The lowest BCUT2D eigenvalue weighted by molar-refractivity contribution is 0.00173. The molecule has 0 aliphatic carbocycles. The number of alkyl halides is 2. The minimum absolute atomic E-state index is 0.218. The molecule has 2 N–H and O–H groups in total. The molecular formula is C9H10F3N. The first-order valence-corrected chi connectivity index (χ1v) is 3.82. The maximum atomic E-state index is 13.0. The number of nitrogens with two attached hydrogens (primary N) is 1. The Bertz CT molecular complexity index is 289. The summed E-state index contributed by atoms with van der Waals surface area (Å²) in [5, 5.41) is 0. The van der Waals surface area contributed by atoms with Crippen molar-refractivity contribution in [3.8, 4) is 0 Å². The fourth-order valence-corrected chi connectivity index (χ4v) is 1.20. The highest BCUT2D eigenvalue weighted by atomic mass is 19.3. The van der Waals surface area contributed by atoms with Gasteiger partial charge in [-0.2, -0.15) is 8.78 Å². The lowest BCUT2D eigenvalue weighted by Gasteiger charge is -2.17. The molecule has 0 saturated heterocycles. The van der Waals surface area contributed by atoms with Gasteiger partial charge in [0.05, 0.1) is 12.1 Å². The molecule has 0 radical (unpaired) electrons. The largest absolute Gasteiger partial charge is 0.325 e. The van der Waals surface area contributed by atoms with Crippen LogP contribution in [0.3, 0.4) is 0 Å². The van der Waals surface area contributed by atoms with Crippen LogP contribution in [0.5, 0.6) is 0 Å². The van der Waals surface area contributed by atoms with Crippen molar-refractivity contribution in [3.63, 3.8) is 0 Å². The Kier molecular flexibility index (Phi) is 2.61. The monoisotopic (exact) mass is 189 g/mol. The third-order valence-corrected chi connectivity index (χ3v) is 1.84. The first-order valence-electron chi connectivity index (χ1n) is 3.82. The quantitative estimate of drug-likeness (QED) is 0.758. The Morgan fingerprint density at radius 3 is 2.46 bits per heavy atom. The van der Waals surface area contributed by atoms with Crippen molar-refractivity contribution in [1.82, 2.24) is 0 Å². The zero-order valence-corrected chi connectivity index (χ0v) is 7.15. The highest BCUT2D eigenvalue weighted by Gasteiger charge is 2.34. The second kappa shape index (κ2) is 3.38. The highest BCUT2D eigenvalue weighted by molar-refractivity contribution is 5.31. The Morgan fingerprint density at radius 1 is 1.38 bits per heavy atom. The minimum Gasteiger partial charge on any atom is -0.325 e. The van der Waals surface area contributed by atoms with Crippen LogP contribution in [0.4, 0.5) is 13.2 Å². The van der Waals surface area contributed by atoms with E-state index in [0.717, 1.165) is 6.07 Å².